The van der Waals surface area contributed by atoms with Crippen molar-refractivity contribution in [3.63, 3.8) is 0 Å². The zero-order valence-electron chi connectivity index (χ0n) is 10.8. The van der Waals surface area contributed by atoms with Crippen LogP contribution in [0.25, 0.3) is 0 Å². The van der Waals surface area contributed by atoms with Crippen molar-refractivity contribution < 1.29 is 0 Å². The van der Waals surface area contributed by atoms with Crippen molar-refractivity contribution in [3.05, 3.63) is 48.0 Å². The summed E-state index contributed by atoms with van der Waals surface area (Å²) in [5, 5.41) is 4.26. The van der Waals surface area contributed by atoms with Crippen LogP contribution in [0.1, 0.15) is 42.5 Å². The first-order valence-electron chi connectivity index (χ1n) is 6.26. The van der Waals surface area contributed by atoms with Gasteiger partial charge in [0.1, 0.15) is 12.2 Å². The predicted molar refractivity (Wildman–Crippen MR) is 76.8 cm³/mol. The molecule has 0 aliphatic rings. The van der Waals surface area contributed by atoms with E-state index in [4.69, 9.17) is 0 Å². The van der Waals surface area contributed by atoms with Gasteiger partial charge in [0.25, 0.3) is 0 Å². The number of hydrogen-bond acceptors (Lipinski definition) is 2. The Bertz CT molecular complexity index is 479. The molecule has 0 aliphatic carbocycles. The minimum Gasteiger partial charge on any atom is -0.248 e. The third-order valence-corrected chi connectivity index (χ3v) is 3.91. The lowest BCUT2D eigenvalue weighted by atomic mass is 10.1. The van der Waals surface area contributed by atoms with E-state index in [9.17, 15) is 0 Å². The third-order valence-electron chi connectivity index (χ3n) is 2.92. The van der Waals surface area contributed by atoms with Gasteiger partial charge in [-0.15, -0.1) is 0 Å². The summed E-state index contributed by atoms with van der Waals surface area (Å²) in [6, 6.07) is 10.8. The van der Waals surface area contributed by atoms with E-state index in [1.165, 1.54) is 5.56 Å². The van der Waals surface area contributed by atoms with Gasteiger partial charge in [0.2, 0.25) is 0 Å². The number of rotatable bonds is 5. The van der Waals surface area contributed by atoms with Crippen LogP contribution in [-0.2, 0) is 6.42 Å². The van der Waals surface area contributed by atoms with Crippen LogP contribution in [0.4, 0.5) is 0 Å². The average molecular weight is 308 g/mol. The molecule has 2 aromatic rings. The van der Waals surface area contributed by atoms with Crippen LogP contribution in [0, 0.1) is 0 Å². The monoisotopic (exact) mass is 307 g/mol. The Kier molecular flexibility index (Phi) is 4.53. The lowest BCUT2D eigenvalue weighted by Crippen LogP contribution is -2.09. The standard InChI is InChI=1S/C14H18BrN3/c1-11(2)18-14(16-10-17-18)9-8-13(15)12-6-4-3-5-7-12/h3-7,10-11,13H,8-9H2,1-2H3. The fraction of sp³-hybridized carbons (Fsp3) is 0.429. The Morgan fingerprint density at radius 1 is 1.22 bits per heavy atom. The number of hydrogen-bond donors (Lipinski definition) is 0. The Morgan fingerprint density at radius 2 is 1.94 bits per heavy atom. The molecular weight excluding hydrogens is 290 g/mol. The first kappa shape index (κ1) is 13.3. The second-order valence-corrected chi connectivity index (χ2v) is 5.74. The van der Waals surface area contributed by atoms with Crippen LogP contribution in [0.3, 0.4) is 0 Å². The van der Waals surface area contributed by atoms with Crippen LogP contribution in [0.2, 0.25) is 0 Å². The zero-order valence-corrected chi connectivity index (χ0v) is 12.3. The summed E-state index contributed by atoms with van der Waals surface area (Å²) in [6.07, 6.45) is 3.60. The summed E-state index contributed by atoms with van der Waals surface area (Å²) in [6.45, 7) is 4.25. The highest BCUT2D eigenvalue weighted by Gasteiger charge is 2.11. The van der Waals surface area contributed by atoms with Crippen molar-refractivity contribution in [2.45, 2.75) is 37.6 Å². The van der Waals surface area contributed by atoms with E-state index in [-0.39, 0.29) is 0 Å². The van der Waals surface area contributed by atoms with Gasteiger partial charge in [-0.2, -0.15) is 5.10 Å². The number of halogens is 1. The Labute approximate surface area is 116 Å². The lowest BCUT2D eigenvalue weighted by molar-refractivity contribution is 0.500. The fourth-order valence-electron chi connectivity index (χ4n) is 1.97. The molecule has 1 unspecified atom stereocenters. The van der Waals surface area contributed by atoms with Gasteiger partial charge in [-0.05, 0) is 25.8 Å². The summed E-state index contributed by atoms with van der Waals surface area (Å²) < 4.78 is 1.99. The minimum absolute atomic E-state index is 0.369. The van der Waals surface area contributed by atoms with Gasteiger partial charge in [-0.25, -0.2) is 9.67 Å². The number of aryl methyl sites for hydroxylation is 1. The second-order valence-electron chi connectivity index (χ2n) is 4.63. The van der Waals surface area contributed by atoms with Crippen molar-refractivity contribution in [2.75, 3.05) is 0 Å². The molecule has 4 heteroatoms. The van der Waals surface area contributed by atoms with Crippen LogP contribution in [-0.4, -0.2) is 14.8 Å². The number of alkyl halides is 1. The first-order chi connectivity index (χ1) is 8.68. The quantitative estimate of drug-likeness (QED) is 0.784. The largest absolute Gasteiger partial charge is 0.248 e. The molecule has 1 aromatic carbocycles. The summed E-state index contributed by atoms with van der Waals surface area (Å²) in [5.74, 6) is 1.06. The summed E-state index contributed by atoms with van der Waals surface area (Å²) in [4.78, 5) is 4.71. The Morgan fingerprint density at radius 3 is 2.61 bits per heavy atom. The molecule has 3 nitrogen and oxygen atoms in total. The van der Waals surface area contributed by atoms with E-state index < -0.39 is 0 Å². The maximum Gasteiger partial charge on any atom is 0.138 e. The van der Waals surface area contributed by atoms with E-state index in [2.05, 4.69) is 64.1 Å². The fourth-order valence-corrected chi connectivity index (χ4v) is 2.50. The molecule has 0 aliphatic heterocycles. The lowest BCUT2D eigenvalue weighted by Gasteiger charge is -2.12. The van der Waals surface area contributed by atoms with Crippen molar-refractivity contribution in [3.8, 4) is 0 Å². The highest BCUT2D eigenvalue weighted by molar-refractivity contribution is 9.09. The molecule has 1 heterocycles. The molecule has 0 N–H and O–H groups in total. The molecule has 0 fully saturated rings. The number of benzene rings is 1. The third kappa shape index (κ3) is 3.19. The number of aromatic nitrogens is 3. The molecule has 0 saturated heterocycles. The molecule has 2 rings (SSSR count). The zero-order chi connectivity index (χ0) is 13.0. The van der Waals surface area contributed by atoms with Crippen LogP contribution < -0.4 is 0 Å². The van der Waals surface area contributed by atoms with Gasteiger partial charge in [0.15, 0.2) is 0 Å². The molecule has 96 valence electrons. The maximum absolute atomic E-state index is 4.33. The molecule has 1 aromatic heterocycles. The van der Waals surface area contributed by atoms with Crippen molar-refractivity contribution in [2.24, 2.45) is 0 Å². The molecular formula is C14H18BrN3. The van der Waals surface area contributed by atoms with E-state index in [0.29, 0.717) is 10.9 Å². The SMILES string of the molecule is CC(C)n1ncnc1CCC(Br)c1ccccc1. The van der Waals surface area contributed by atoms with Crippen molar-refractivity contribution in [1.82, 2.24) is 14.8 Å². The normalized spacial score (nSPS) is 12.9. The maximum atomic E-state index is 4.33. The Balaban J connectivity index is 1.97. The van der Waals surface area contributed by atoms with Gasteiger partial charge in [0, 0.05) is 17.3 Å². The second kappa shape index (κ2) is 6.14. The first-order valence-corrected chi connectivity index (χ1v) is 7.17. The van der Waals surface area contributed by atoms with Gasteiger partial charge in [-0.1, -0.05) is 46.3 Å². The highest BCUT2D eigenvalue weighted by Crippen LogP contribution is 2.27. The van der Waals surface area contributed by atoms with E-state index in [0.717, 1.165) is 18.7 Å². The van der Waals surface area contributed by atoms with Crippen LogP contribution in [0.15, 0.2) is 36.7 Å². The summed E-state index contributed by atoms with van der Waals surface area (Å²) in [7, 11) is 0. The molecule has 0 amide bonds. The smallest absolute Gasteiger partial charge is 0.138 e. The summed E-state index contributed by atoms with van der Waals surface area (Å²) in [5.41, 5.74) is 1.31. The highest BCUT2D eigenvalue weighted by atomic mass is 79.9. The molecule has 18 heavy (non-hydrogen) atoms. The van der Waals surface area contributed by atoms with E-state index >= 15 is 0 Å². The van der Waals surface area contributed by atoms with Crippen LogP contribution in [0.5, 0.6) is 0 Å². The van der Waals surface area contributed by atoms with Gasteiger partial charge in [-0.3, -0.25) is 0 Å². The minimum atomic E-state index is 0.369. The number of nitrogens with zero attached hydrogens (tertiary/aromatic N) is 3. The van der Waals surface area contributed by atoms with Gasteiger partial charge >= 0.3 is 0 Å². The molecule has 1 atom stereocenters. The topological polar surface area (TPSA) is 30.7 Å². The molecule has 0 bridgehead atoms. The van der Waals surface area contributed by atoms with Crippen molar-refractivity contribution in [1.29, 1.82) is 0 Å². The molecule has 0 spiro atoms. The van der Waals surface area contributed by atoms with E-state index in [1.54, 1.807) is 6.33 Å². The predicted octanol–water partition coefficient (Wildman–Crippen LogP) is 3.93. The summed E-state index contributed by atoms with van der Waals surface area (Å²) >= 11 is 3.74. The Hall–Kier alpha value is -1.16. The van der Waals surface area contributed by atoms with Crippen LogP contribution >= 0.6 is 15.9 Å². The molecule has 0 saturated carbocycles. The van der Waals surface area contributed by atoms with Crippen molar-refractivity contribution >= 4 is 15.9 Å². The van der Waals surface area contributed by atoms with E-state index in [1.807, 2.05) is 10.7 Å². The molecule has 0 radical (unpaired) electrons. The average Bonchev–Trinajstić information content (AvgIpc) is 2.85. The van der Waals surface area contributed by atoms with Gasteiger partial charge < -0.3 is 0 Å². The van der Waals surface area contributed by atoms with Gasteiger partial charge in [0.05, 0.1) is 0 Å².